The molecule has 2 saturated carbocycles. The number of phenols is 1. The summed E-state index contributed by atoms with van der Waals surface area (Å²) in [5.74, 6) is -2.45. The Hall–Kier alpha value is -2.76. The third kappa shape index (κ3) is 3.51. The lowest BCUT2D eigenvalue weighted by Crippen LogP contribution is -2.75. The number of ether oxygens (including phenoxy) is 2. The van der Waals surface area contributed by atoms with Crippen molar-refractivity contribution < 1.29 is 49.7 Å². The van der Waals surface area contributed by atoms with Crippen LogP contribution in [0, 0.1) is 12.8 Å². The summed E-state index contributed by atoms with van der Waals surface area (Å²) in [4.78, 5) is 24.0. The van der Waals surface area contributed by atoms with Crippen molar-refractivity contribution in [3.63, 3.8) is 0 Å². The van der Waals surface area contributed by atoms with E-state index in [0.29, 0.717) is 24.8 Å². The fourth-order valence-electron chi connectivity index (χ4n) is 6.50. The predicted octanol–water partition coefficient (Wildman–Crippen LogP) is 1.64. The third-order valence-electron chi connectivity index (χ3n) is 8.24. The maximum Gasteiger partial charge on any atom is 0.335 e. The molecule has 7 atom stereocenters. The molecule has 1 heterocycles. The second-order valence-electron chi connectivity index (χ2n) is 10.4. The van der Waals surface area contributed by atoms with E-state index in [9.17, 15) is 40.2 Å². The van der Waals surface area contributed by atoms with E-state index >= 15 is 0 Å². The Balaban J connectivity index is 1.61. The van der Waals surface area contributed by atoms with Gasteiger partial charge in [0.15, 0.2) is 5.78 Å². The first-order valence-electron chi connectivity index (χ1n) is 12.1. The molecule has 0 spiro atoms. The molecule has 0 radical (unpaired) electrons. The van der Waals surface area contributed by atoms with Crippen LogP contribution < -0.4 is 4.74 Å². The molecular weight excluding hydrogens is 472 g/mol. The summed E-state index contributed by atoms with van der Waals surface area (Å²) in [6, 6.07) is 3.99. The minimum Gasteiger partial charge on any atom is -0.506 e. The third-order valence-corrected chi connectivity index (χ3v) is 8.24. The lowest BCUT2D eigenvalue weighted by Gasteiger charge is -2.57. The van der Waals surface area contributed by atoms with Crippen LogP contribution in [-0.4, -0.2) is 78.2 Å². The monoisotopic (exact) mass is 502 g/mol. The molecule has 1 aliphatic heterocycles. The molecule has 2 aromatic rings. The number of carboxylic acid groups (broad SMARTS) is 1. The van der Waals surface area contributed by atoms with Gasteiger partial charge in [-0.3, -0.25) is 4.79 Å². The number of aromatic hydroxyl groups is 1. The van der Waals surface area contributed by atoms with Gasteiger partial charge in [0.1, 0.15) is 35.4 Å². The number of aliphatic hydroxyl groups is 4. The van der Waals surface area contributed by atoms with Gasteiger partial charge in [-0.1, -0.05) is 12.5 Å². The molecule has 10 heteroatoms. The van der Waals surface area contributed by atoms with Crippen LogP contribution in [-0.2, 0) is 4.74 Å². The van der Waals surface area contributed by atoms with Crippen molar-refractivity contribution in [3.05, 3.63) is 34.9 Å². The minimum atomic E-state index is -1.90. The van der Waals surface area contributed by atoms with Gasteiger partial charge in [0.2, 0.25) is 6.29 Å². The molecular formula is C26H30O10. The van der Waals surface area contributed by atoms with Gasteiger partial charge in [0.25, 0.3) is 0 Å². The van der Waals surface area contributed by atoms with Crippen LogP contribution in [0.2, 0.25) is 0 Å². The van der Waals surface area contributed by atoms with Crippen LogP contribution in [0.1, 0.15) is 65.3 Å². The summed E-state index contributed by atoms with van der Waals surface area (Å²) in [5.41, 5.74) is -3.04. The van der Waals surface area contributed by atoms with E-state index in [2.05, 4.69) is 0 Å². The van der Waals surface area contributed by atoms with Gasteiger partial charge in [0, 0.05) is 0 Å². The zero-order chi connectivity index (χ0) is 26.2. The molecule has 3 fully saturated rings. The molecule has 2 aliphatic carbocycles. The van der Waals surface area contributed by atoms with Crippen molar-refractivity contribution in [2.75, 3.05) is 0 Å². The molecule has 0 unspecified atom stereocenters. The van der Waals surface area contributed by atoms with Crippen LogP contribution in [0.5, 0.6) is 11.5 Å². The van der Waals surface area contributed by atoms with Crippen molar-refractivity contribution in [2.24, 2.45) is 5.92 Å². The number of hydrogen-bond donors (Lipinski definition) is 6. The second-order valence-corrected chi connectivity index (χ2v) is 10.4. The highest BCUT2D eigenvalue weighted by atomic mass is 16.7. The number of benzene rings is 2. The number of rotatable bonds is 4. The van der Waals surface area contributed by atoms with Gasteiger partial charge >= 0.3 is 5.97 Å². The molecule has 1 saturated heterocycles. The van der Waals surface area contributed by atoms with Crippen molar-refractivity contribution >= 4 is 22.5 Å². The largest absolute Gasteiger partial charge is 0.506 e. The van der Waals surface area contributed by atoms with Crippen LogP contribution in [0.3, 0.4) is 0 Å². The summed E-state index contributed by atoms with van der Waals surface area (Å²) in [6.07, 6.45) is -3.95. The average molecular weight is 503 g/mol. The second kappa shape index (κ2) is 8.39. The van der Waals surface area contributed by atoms with Crippen molar-refractivity contribution in [3.8, 4) is 11.5 Å². The fourth-order valence-corrected chi connectivity index (χ4v) is 6.50. The van der Waals surface area contributed by atoms with Gasteiger partial charge in [-0.05, 0) is 68.5 Å². The number of aromatic carboxylic acids is 1. The lowest BCUT2D eigenvalue weighted by molar-refractivity contribution is -0.355. The Morgan fingerprint density at radius 1 is 1.08 bits per heavy atom. The highest BCUT2D eigenvalue weighted by Crippen LogP contribution is 2.54. The number of carbonyl (C=O) groups excluding carboxylic acids is 1. The molecule has 36 heavy (non-hydrogen) atoms. The number of hydrogen-bond acceptors (Lipinski definition) is 9. The van der Waals surface area contributed by atoms with E-state index in [1.165, 1.54) is 13.0 Å². The van der Waals surface area contributed by atoms with E-state index < -0.39 is 53.3 Å². The quantitative estimate of drug-likeness (QED) is 0.337. The summed E-state index contributed by atoms with van der Waals surface area (Å²) < 4.78 is 11.9. The van der Waals surface area contributed by atoms with Crippen molar-refractivity contribution in [1.82, 2.24) is 0 Å². The van der Waals surface area contributed by atoms with E-state index in [-0.39, 0.29) is 40.0 Å². The Morgan fingerprint density at radius 2 is 1.81 bits per heavy atom. The number of aryl methyl sites for hydroxylation is 1. The Kier molecular flexibility index (Phi) is 5.81. The number of Topliss-reactive ketones (excluding diaryl/α,β-unsaturated/α-hetero) is 1. The molecule has 6 N–H and O–H groups in total. The molecule has 0 bridgehead atoms. The highest BCUT2D eigenvalue weighted by Gasteiger charge is 2.67. The van der Waals surface area contributed by atoms with Gasteiger partial charge in [-0.25, -0.2) is 4.79 Å². The van der Waals surface area contributed by atoms with Crippen LogP contribution >= 0.6 is 0 Å². The number of phenolic OH excluding ortho intramolecular Hbond substituents is 1. The van der Waals surface area contributed by atoms with Gasteiger partial charge in [-0.15, -0.1) is 0 Å². The summed E-state index contributed by atoms with van der Waals surface area (Å²) >= 11 is 0. The summed E-state index contributed by atoms with van der Waals surface area (Å²) in [5, 5.41) is 65.4. The van der Waals surface area contributed by atoms with E-state index in [4.69, 9.17) is 9.47 Å². The van der Waals surface area contributed by atoms with Crippen LogP contribution in [0.4, 0.5) is 0 Å². The SMILES string of the molecule is CC(=O)c1c(C)cc2cc(C(=O)O)cc(O[C@@H]3O[C@@H]4[C@@]5(O)CCC[C@H]5CC[C@]4(O)[C@H](O)[C@H]3O)c2c1O. The highest BCUT2D eigenvalue weighted by molar-refractivity contribution is 6.08. The summed E-state index contributed by atoms with van der Waals surface area (Å²) in [7, 11) is 0. The van der Waals surface area contributed by atoms with Gasteiger partial charge in [-0.2, -0.15) is 0 Å². The molecule has 5 rings (SSSR count). The van der Waals surface area contributed by atoms with Crippen molar-refractivity contribution in [1.29, 1.82) is 0 Å². The van der Waals surface area contributed by atoms with Gasteiger partial charge in [0.05, 0.1) is 22.1 Å². The number of carbonyl (C=O) groups is 2. The first-order valence-corrected chi connectivity index (χ1v) is 12.1. The zero-order valence-electron chi connectivity index (χ0n) is 20.0. The standard InChI is InChI=1S/C26H30O10/c1-11-8-13-9-14(22(31)32)10-16(18(13)19(28)17(11)12(2)27)35-23-20(29)21(30)26(34)7-5-15-4-3-6-25(15,33)24(26)36-23/h8-10,15,20-21,23-24,28-30,33-34H,3-7H2,1-2H3,(H,31,32)/t15-,20+,21+,23+,24+,25+,26-/m0/s1. The van der Waals surface area contributed by atoms with E-state index in [1.54, 1.807) is 13.0 Å². The number of carboxylic acids is 1. The number of ketones is 1. The lowest BCUT2D eigenvalue weighted by atomic mass is 9.64. The first kappa shape index (κ1) is 24.9. The maximum atomic E-state index is 12.2. The maximum absolute atomic E-state index is 12.2. The fraction of sp³-hybridized carbons (Fsp3) is 0.538. The minimum absolute atomic E-state index is 0.0306. The Labute approximate surface area is 206 Å². The normalized spacial score (nSPS) is 35.8. The molecule has 0 amide bonds. The smallest absolute Gasteiger partial charge is 0.335 e. The molecule has 0 aromatic heterocycles. The number of fused-ring (bicyclic) bond motifs is 4. The van der Waals surface area contributed by atoms with Crippen molar-refractivity contribution in [2.45, 2.75) is 81.8 Å². The topological polar surface area (TPSA) is 174 Å². The molecule has 194 valence electrons. The van der Waals surface area contributed by atoms with E-state index in [1.807, 2.05) is 0 Å². The Morgan fingerprint density at radius 3 is 2.47 bits per heavy atom. The number of aliphatic hydroxyl groups excluding tert-OH is 2. The molecule has 2 aromatic carbocycles. The van der Waals surface area contributed by atoms with Gasteiger partial charge < -0.3 is 40.1 Å². The van der Waals surface area contributed by atoms with Crippen LogP contribution in [0.15, 0.2) is 18.2 Å². The molecule has 10 nitrogen and oxygen atoms in total. The predicted molar refractivity (Wildman–Crippen MR) is 125 cm³/mol. The zero-order valence-corrected chi connectivity index (χ0v) is 20.0. The average Bonchev–Trinajstić information content (AvgIpc) is 3.19. The first-order chi connectivity index (χ1) is 16.9. The summed E-state index contributed by atoms with van der Waals surface area (Å²) in [6.45, 7) is 2.89. The Bertz CT molecular complexity index is 1260. The van der Waals surface area contributed by atoms with Crippen LogP contribution in [0.25, 0.3) is 10.8 Å². The molecule has 3 aliphatic rings. The van der Waals surface area contributed by atoms with E-state index in [0.717, 1.165) is 12.5 Å².